The highest BCUT2D eigenvalue weighted by Crippen LogP contribution is 2.18. The third-order valence-electron chi connectivity index (χ3n) is 4.00. The summed E-state index contributed by atoms with van der Waals surface area (Å²) in [5.41, 5.74) is 3.41. The number of aromatic nitrogens is 1. The SMILES string of the molecule is CCc1ccccc1NC(=O)c1ccc(N2CCOCC2)cn1. The Labute approximate surface area is 136 Å². The molecule has 1 N–H and O–H groups in total. The van der Waals surface area contributed by atoms with E-state index in [1.165, 1.54) is 0 Å². The van der Waals surface area contributed by atoms with E-state index < -0.39 is 0 Å². The summed E-state index contributed by atoms with van der Waals surface area (Å²) in [5.74, 6) is -0.181. The predicted molar refractivity (Wildman–Crippen MR) is 91.0 cm³/mol. The van der Waals surface area contributed by atoms with E-state index >= 15 is 0 Å². The summed E-state index contributed by atoms with van der Waals surface area (Å²) < 4.78 is 5.35. The molecule has 1 saturated heterocycles. The topological polar surface area (TPSA) is 54.5 Å². The molecule has 23 heavy (non-hydrogen) atoms. The predicted octanol–water partition coefficient (Wildman–Crippen LogP) is 2.73. The van der Waals surface area contributed by atoms with Crippen LogP contribution < -0.4 is 10.2 Å². The fourth-order valence-electron chi connectivity index (χ4n) is 2.67. The van der Waals surface area contributed by atoms with Gasteiger partial charge in [-0.25, -0.2) is 4.98 Å². The maximum Gasteiger partial charge on any atom is 0.274 e. The number of carbonyl (C=O) groups excluding carboxylic acids is 1. The summed E-state index contributed by atoms with van der Waals surface area (Å²) >= 11 is 0. The number of morpholine rings is 1. The molecule has 1 aliphatic rings. The molecular weight excluding hydrogens is 290 g/mol. The van der Waals surface area contributed by atoms with Crippen LogP contribution in [0.25, 0.3) is 0 Å². The molecule has 3 rings (SSSR count). The molecule has 2 aromatic rings. The first-order valence-electron chi connectivity index (χ1n) is 7.96. The van der Waals surface area contributed by atoms with Crippen molar-refractivity contribution in [2.24, 2.45) is 0 Å². The molecule has 120 valence electrons. The number of carbonyl (C=O) groups is 1. The fourth-order valence-corrected chi connectivity index (χ4v) is 2.67. The van der Waals surface area contributed by atoms with Gasteiger partial charge in [-0.05, 0) is 30.2 Å². The first-order valence-corrected chi connectivity index (χ1v) is 7.96. The van der Waals surface area contributed by atoms with E-state index in [-0.39, 0.29) is 5.91 Å². The minimum Gasteiger partial charge on any atom is -0.378 e. The maximum atomic E-state index is 12.4. The quantitative estimate of drug-likeness (QED) is 0.943. The smallest absolute Gasteiger partial charge is 0.274 e. The van der Waals surface area contributed by atoms with Crippen LogP contribution in [-0.2, 0) is 11.2 Å². The Kier molecular flexibility index (Phi) is 4.88. The second-order valence-corrected chi connectivity index (χ2v) is 5.47. The zero-order chi connectivity index (χ0) is 16.1. The van der Waals surface area contributed by atoms with Crippen LogP contribution in [0, 0.1) is 0 Å². The summed E-state index contributed by atoms with van der Waals surface area (Å²) in [6, 6.07) is 11.5. The molecule has 1 aliphatic heterocycles. The molecule has 0 radical (unpaired) electrons. The van der Waals surface area contributed by atoms with Crippen molar-refractivity contribution < 1.29 is 9.53 Å². The highest BCUT2D eigenvalue weighted by molar-refractivity contribution is 6.03. The number of rotatable bonds is 4. The lowest BCUT2D eigenvalue weighted by molar-refractivity contribution is 0.102. The molecule has 5 nitrogen and oxygen atoms in total. The Morgan fingerprint density at radius 1 is 1.22 bits per heavy atom. The summed E-state index contributed by atoms with van der Waals surface area (Å²) in [7, 11) is 0. The lowest BCUT2D eigenvalue weighted by Gasteiger charge is -2.28. The molecule has 1 amide bonds. The van der Waals surface area contributed by atoms with Gasteiger partial charge in [0.15, 0.2) is 0 Å². The number of aryl methyl sites for hydroxylation is 1. The molecule has 1 fully saturated rings. The molecule has 1 aromatic carbocycles. The Morgan fingerprint density at radius 3 is 2.70 bits per heavy atom. The van der Waals surface area contributed by atoms with Crippen molar-refractivity contribution in [2.75, 3.05) is 36.5 Å². The van der Waals surface area contributed by atoms with Gasteiger partial charge >= 0.3 is 0 Å². The minimum atomic E-state index is -0.181. The Balaban J connectivity index is 1.70. The van der Waals surface area contributed by atoms with Crippen molar-refractivity contribution in [1.29, 1.82) is 0 Å². The fraction of sp³-hybridized carbons (Fsp3) is 0.333. The number of hydrogen-bond acceptors (Lipinski definition) is 4. The van der Waals surface area contributed by atoms with Gasteiger partial charge in [0.05, 0.1) is 25.1 Å². The van der Waals surface area contributed by atoms with Crippen LogP contribution in [-0.4, -0.2) is 37.2 Å². The van der Waals surface area contributed by atoms with Crippen molar-refractivity contribution in [3.05, 3.63) is 53.9 Å². The molecule has 1 aromatic heterocycles. The monoisotopic (exact) mass is 311 g/mol. The zero-order valence-electron chi connectivity index (χ0n) is 13.3. The molecule has 5 heteroatoms. The van der Waals surface area contributed by atoms with Crippen LogP contribution in [0.1, 0.15) is 23.0 Å². The number of nitrogens with one attached hydrogen (secondary N) is 1. The molecule has 0 saturated carbocycles. The molecule has 0 spiro atoms. The van der Waals surface area contributed by atoms with E-state index in [1.54, 1.807) is 12.3 Å². The number of benzene rings is 1. The zero-order valence-corrected chi connectivity index (χ0v) is 13.3. The van der Waals surface area contributed by atoms with E-state index in [2.05, 4.69) is 22.1 Å². The largest absolute Gasteiger partial charge is 0.378 e. The van der Waals surface area contributed by atoms with Crippen molar-refractivity contribution in [1.82, 2.24) is 4.98 Å². The standard InChI is InChI=1S/C18H21N3O2/c1-2-14-5-3-4-6-16(14)20-18(22)17-8-7-15(13-19-17)21-9-11-23-12-10-21/h3-8,13H,2,9-12H2,1H3,(H,20,22). The number of amides is 1. The average Bonchev–Trinajstić information content (AvgIpc) is 2.63. The maximum absolute atomic E-state index is 12.4. The Morgan fingerprint density at radius 2 is 2.00 bits per heavy atom. The highest BCUT2D eigenvalue weighted by atomic mass is 16.5. The summed E-state index contributed by atoms with van der Waals surface area (Å²) in [6.45, 7) is 5.25. The first kappa shape index (κ1) is 15.5. The van der Waals surface area contributed by atoms with Crippen molar-refractivity contribution in [3.63, 3.8) is 0 Å². The van der Waals surface area contributed by atoms with E-state index in [4.69, 9.17) is 4.74 Å². The minimum absolute atomic E-state index is 0.181. The van der Waals surface area contributed by atoms with Gasteiger partial charge in [-0.15, -0.1) is 0 Å². The average molecular weight is 311 g/mol. The van der Waals surface area contributed by atoms with Crippen LogP contribution in [0.4, 0.5) is 11.4 Å². The van der Waals surface area contributed by atoms with E-state index in [0.717, 1.165) is 49.7 Å². The normalized spacial score (nSPS) is 14.6. The van der Waals surface area contributed by atoms with Gasteiger partial charge in [0, 0.05) is 18.8 Å². The molecular formula is C18H21N3O2. The van der Waals surface area contributed by atoms with Gasteiger partial charge in [-0.2, -0.15) is 0 Å². The third kappa shape index (κ3) is 3.68. The molecule has 0 atom stereocenters. The highest BCUT2D eigenvalue weighted by Gasteiger charge is 2.13. The van der Waals surface area contributed by atoms with E-state index in [1.807, 2.05) is 30.3 Å². The van der Waals surface area contributed by atoms with Gasteiger partial charge in [-0.3, -0.25) is 4.79 Å². The van der Waals surface area contributed by atoms with Gasteiger partial charge in [0.1, 0.15) is 5.69 Å². The van der Waals surface area contributed by atoms with Crippen molar-refractivity contribution in [3.8, 4) is 0 Å². The lowest BCUT2D eigenvalue weighted by Crippen LogP contribution is -2.36. The van der Waals surface area contributed by atoms with Gasteiger partial charge < -0.3 is 15.0 Å². The number of pyridine rings is 1. The van der Waals surface area contributed by atoms with Crippen LogP contribution >= 0.6 is 0 Å². The summed E-state index contributed by atoms with van der Waals surface area (Å²) in [5, 5.41) is 2.94. The number of hydrogen-bond donors (Lipinski definition) is 1. The second kappa shape index (κ2) is 7.24. The summed E-state index contributed by atoms with van der Waals surface area (Å²) in [6.07, 6.45) is 2.63. The van der Waals surface area contributed by atoms with Gasteiger partial charge in [0.25, 0.3) is 5.91 Å². The Bertz CT molecular complexity index is 664. The van der Waals surface area contributed by atoms with E-state index in [0.29, 0.717) is 5.69 Å². The number of ether oxygens (including phenoxy) is 1. The van der Waals surface area contributed by atoms with Crippen molar-refractivity contribution in [2.45, 2.75) is 13.3 Å². The molecule has 2 heterocycles. The number of anilines is 2. The van der Waals surface area contributed by atoms with E-state index in [9.17, 15) is 4.79 Å². The van der Waals surface area contributed by atoms with Gasteiger partial charge in [0.2, 0.25) is 0 Å². The summed E-state index contributed by atoms with van der Waals surface area (Å²) in [4.78, 5) is 18.9. The van der Waals surface area contributed by atoms with Crippen LogP contribution in [0.5, 0.6) is 0 Å². The second-order valence-electron chi connectivity index (χ2n) is 5.47. The first-order chi connectivity index (χ1) is 11.3. The number of para-hydroxylation sites is 1. The van der Waals surface area contributed by atoms with Crippen LogP contribution in [0.15, 0.2) is 42.6 Å². The third-order valence-corrected chi connectivity index (χ3v) is 4.00. The Hall–Kier alpha value is -2.40. The van der Waals surface area contributed by atoms with Crippen molar-refractivity contribution >= 4 is 17.3 Å². The van der Waals surface area contributed by atoms with Crippen LogP contribution in [0.3, 0.4) is 0 Å². The lowest BCUT2D eigenvalue weighted by atomic mass is 10.1. The molecule has 0 unspecified atom stereocenters. The molecule has 0 aliphatic carbocycles. The number of nitrogens with zero attached hydrogens (tertiary/aromatic N) is 2. The van der Waals surface area contributed by atoms with Gasteiger partial charge in [-0.1, -0.05) is 25.1 Å². The van der Waals surface area contributed by atoms with Crippen LogP contribution in [0.2, 0.25) is 0 Å². The molecule has 0 bridgehead atoms.